The third-order valence-corrected chi connectivity index (χ3v) is 17.5. The number of imidazole rings is 2. The van der Waals surface area contributed by atoms with Crippen molar-refractivity contribution in [3.63, 3.8) is 0 Å². The number of amides is 8. The van der Waals surface area contributed by atoms with E-state index in [1.54, 1.807) is 26.0 Å². The second-order valence-electron chi connectivity index (χ2n) is 20.9. The zero-order chi connectivity index (χ0) is 65.5. The van der Waals surface area contributed by atoms with E-state index >= 15 is 4.39 Å². The first-order valence-electron chi connectivity index (χ1n) is 27.7. The van der Waals surface area contributed by atoms with E-state index in [9.17, 15) is 47.5 Å². The Hall–Kier alpha value is -8.13. The predicted octanol–water partition coefficient (Wildman–Crippen LogP) is 1.97. The quantitative estimate of drug-likeness (QED) is 0.0167. The van der Waals surface area contributed by atoms with Crippen molar-refractivity contribution < 1.29 is 93.7 Å². The number of aromatic nitrogens is 8. The Kier molecular flexibility index (Phi) is 21.4. The first-order valence-corrected chi connectivity index (χ1v) is 33.1. The summed E-state index contributed by atoms with van der Waals surface area (Å²) in [6.45, 7) is -8.63. The molecule has 0 saturated carbocycles. The Morgan fingerprint density at radius 2 is 1.38 bits per heavy atom. The number of hydrogen-bond donors (Lipinski definition) is 9. The second-order valence-corrected chi connectivity index (χ2v) is 26.7. The number of nitrogens with zero attached hydrogens (tertiary/aromatic N) is 10. The largest absolute Gasteiger partial charge is 0.508 e. The zero-order valence-electron chi connectivity index (χ0n) is 48.3. The molecule has 490 valence electrons. The number of imide groups is 1. The van der Waals surface area contributed by atoms with Crippen LogP contribution in [0.4, 0.5) is 36.1 Å². The summed E-state index contributed by atoms with van der Waals surface area (Å²) in [5.41, 5.74) is 18.3. The minimum Gasteiger partial charge on any atom is -0.445 e. The predicted molar refractivity (Wildman–Crippen MR) is 317 cm³/mol. The van der Waals surface area contributed by atoms with Gasteiger partial charge in [0.1, 0.15) is 73.4 Å². The molecular weight excluding hydrogens is 1290 g/mol. The molecule has 0 bridgehead atoms. The number of urea groups is 1. The monoisotopic (exact) mass is 1350 g/mol. The van der Waals surface area contributed by atoms with E-state index in [1.807, 2.05) is 0 Å². The van der Waals surface area contributed by atoms with E-state index in [2.05, 4.69) is 75.7 Å². The van der Waals surface area contributed by atoms with Gasteiger partial charge in [-0.15, -0.1) is 0 Å². The van der Waals surface area contributed by atoms with Crippen LogP contribution in [0.15, 0.2) is 61.7 Å². The second kappa shape index (κ2) is 29.0. The number of nitrogens with one attached hydrogen (secondary N) is 4. The summed E-state index contributed by atoms with van der Waals surface area (Å²) in [7, 11) is 1.35. The molecule has 91 heavy (non-hydrogen) atoms. The van der Waals surface area contributed by atoms with Gasteiger partial charge in [-0.25, -0.2) is 57.8 Å². The molecule has 0 radical (unpaired) electrons. The number of primary amides is 1. The van der Waals surface area contributed by atoms with Gasteiger partial charge in [0, 0.05) is 44.4 Å². The third kappa shape index (κ3) is 16.5. The molecule has 4 aromatic heterocycles. The van der Waals surface area contributed by atoms with Crippen molar-refractivity contribution >= 4 is 126 Å². The molecule has 8 amide bonds. The van der Waals surface area contributed by atoms with E-state index < -0.39 is 148 Å². The van der Waals surface area contributed by atoms with Gasteiger partial charge in [0.05, 0.1) is 32.4 Å². The van der Waals surface area contributed by atoms with Gasteiger partial charge in [-0.05, 0) is 36.5 Å². The molecule has 3 fully saturated rings. The van der Waals surface area contributed by atoms with Crippen molar-refractivity contribution in [3.05, 3.63) is 67.3 Å². The first kappa shape index (κ1) is 67.3. The molecule has 5 aromatic rings. The highest BCUT2D eigenvalue weighted by Gasteiger charge is 2.56. The molecule has 0 aliphatic carbocycles. The molecule has 0 unspecified atom stereocenters. The van der Waals surface area contributed by atoms with Crippen LogP contribution in [0.25, 0.3) is 22.3 Å². The lowest BCUT2D eigenvalue weighted by Gasteiger charge is -2.29. The lowest BCUT2D eigenvalue weighted by atomic mass is 10.0. The first-order chi connectivity index (χ1) is 43.3. The van der Waals surface area contributed by atoms with Gasteiger partial charge >= 0.3 is 31.9 Å². The van der Waals surface area contributed by atoms with Crippen molar-refractivity contribution in [2.75, 3.05) is 63.3 Å². The highest BCUT2D eigenvalue weighted by atomic mass is 32.7. The number of ether oxygens (including phenoxy) is 5. The van der Waals surface area contributed by atoms with Gasteiger partial charge in [0.15, 0.2) is 47.7 Å². The van der Waals surface area contributed by atoms with E-state index in [4.69, 9.17) is 59.0 Å². The Morgan fingerprint density at radius 1 is 0.802 bits per heavy atom. The number of hydrogen-bond acceptors (Lipinski definition) is 27. The number of benzene rings is 1. The van der Waals surface area contributed by atoms with Gasteiger partial charge in [-0.3, -0.25) is 56.1 Å². The van der Waals surface area contributed by atoms with Crippen molar-refractivity contribution in [3.8, 4) is 0 Å². The molecule has 4 aliphatic heterocycles. The fourth-order valence-electron chi connectivity index (χ4n) is 9.68. The van der Waals surface area contributed by atoms with Crippen LogP contribution in [0, 0.1) is 5.92 Å². The fourth-order valence-corrected chi connectivity index (χ4v) is 12.6. The van der Waals surface area contributed by atoms with E-state index in [-0.39, 0.29) is 85.2 Å². The summed E-state index contributed by atoms with van der Waals surface area (Å²) in [4.78, 5) is 129. The highest BCUT2D eigenvalue weighted by molar-refractivity contribution is 8.44. The van der Waals surface area contributed by atoms with Crippen LogP contribution in [0.2, 0.25) is 0 Å². The maximum Gasteiger partial charge on any atom is 0.508 e. The van der Waals surface area contributed by atoms with Crippen LogP contribution in [0.5, 0.6) is 0 Å². The molecule has 1 aromatic carbocycles. The molecule has 36 nitrogen and oxygen atoms in total. The highest BCUT2D eigenvalue weighted by Crippen LogP contribution is 2.61. The number of alkyl halides is 1. The van der Waals surface area contributed by atoms with Crippen molar-refractivity contribution in [2.45, 2.75) is 101 Å². The van der Waals surface area contributed by atoms with Crippen LogP contribution < -0.4 is 38.5 Å². The summed E-state index contributed by atoms with van der Waals surface area (Å²) in [6.07, 6.45) is -8.74. The number of likely N-dealkylation sites (N-methyl/N-ethyl adjacent to an activating group) is 1. The van der Waals surface area contributed by atoms with E-state index in [0.29, 0.717) is 5.56 Å². The van der Waals surface area contributed by atoms with Crippen LogP contribution in [0.1, 0.15) is 51.1 Å². The molecule has 10 N–H and O–H groups in total. The van der Waals surface area contributed by atoms with Crippen molar-refractivity contribution in [2.24, 2.45) is 11.7 Å². The molecule has 3 saturated heterocycles. The van der Waals surface area contributed by atoms with Crippen molar-refractivity contribution in [1.82, 2.24) is 64.8 Å². The summed E-state index contributed by atoms with van der Waals surface area (Å²) in [5, 5.41) is 10.4. The molecule has 9 rings (SSSR count). The Balaban J connectivity index is 0.797. The van der Waals surface area contributed by atoms with Crippen LogP contribution >= 0.6 is 38.1 Å². The number of nitrogen functional groups attached to an aromatic ring is 2. The smallest absolute Gasteiger partial charge is 0.445 e. The molecule has 8 heterocycles. The molecule has 12 atom stereocenters. The van der Waals surface area contributed by atoms with Gasteiger partial charge in [0.25, 0.3) is 11.8 Å². The van der Waals surface area contributed by atoms with Gasteiger partial charge in [0.2, 0.25) is 17.7 Å². The standard InChI is InChI=1S/C50H62FN17O19P2S2/c1-24(2)34(64-30(69)12-14-66-31(70)10-11-32(66)71)45(73)63-27(5-4-13-55-48(54)74)44(72)62-26-8-6-25(7-9-26)17-80-49(75)65(3)15-16-79-50(76)85-39-38-29(84-47(39)68-23-61-36-41(53)57-21-59-43(36)68)19-82-88(77,90)86-37-28(18-81-89(78,91)87-38)83-46(33(37)51)67-22-60-35-40(52)56-20-58-42(35)67/h6-11,20-24,27-29,33-34,37-39,46-47H,4-5,12-19H2,1-3H3,(H,62,72)(H,63,73)(H,64,69)(H,77,90)(H,78,91)(H2,52,56,58)(H2,53,57,59)(H3,54,55,74)/t27-,28+,29+,33+,34-,37+,38+,39+,46+,47+,88+,89+/m0/s1. The fraction of sp³-hybridized carbons (Fsp3) is 0.480. The number of rotatable bonds is 21. The number of fused-ring (bicyclic) bond motifs is 4. The lowest BCUT2D eigenvalue weighted by molar-refractivity contribution is -0.137. The zero-order valence-corrected chi connectivity index (χ0v) is 51.9. The number of carbonyl (C=O) groups excluding carboxylic acids is 8. The van der Waals surface area contributed by atoms with E-state index in [0.717, 1.165) is 34.6 Å². The SMILES string of the molecule is CC(C)[C@H](NC(=O)CCN1C(=O)C=CC1=O)C(=O)N[C@@H](CCCNC(N)=O)C(=O)Nc1ccc(COC(=O)N(C)CCOC(=O)O[C@@H]2[C@@H]3O[P@](=O)(S)OC[C@H]4O[C@@H](n5cnc6c(N)ncnc65)[C@H](F)[C@@H]4O[P@](=O)(S)OC[C@H]3O[C@H]2n2cnc3c(N)ncnc32)cc1. The average molecular weight is 1350 g/mol. The van der Waals surface area contributed by atoms with Crippen LogP contribution in [0.3, 0.4) is 0 Å². The number of carbonyl (C=O) groups is 8. The number of nitrogens with two attached hydrogens (primary N) is 3. The lowest BCUT2D eigenvalue weighted by Crippen LogP contribution is -2.54. The van der Waals surface area contributed by atoms with Crippen LogP contribution in [-0.2, 0) is 81.5 Å². The Bertz CT molecular complexity index is 3690. The number of anilines is 3. The van der Waals surface area contributed by atoms with Crippen molar-refractivity contribution in [1.29, 1.82) is 0 Å². The maximum atomic E-state index is 16.5. The Labute approximate surface area is 525 Å². The summed E-state index contributed by atoms with van der Waals surface area (Å²) >= 11 is 8.30. The molecule has 4 aliphatic rings. The minimum atomic E-state index is -4.66. The summed E-state index contributed by atoms with van der Waals surface area (Å²) < 4.78 is 98.9. The third-order valence-electron chi connectivity index (χ3n) is 14.3. The van der Waals surface area contributed by atoms with Crippen LogP contribution in [-0.4, -0.2) is 192 Å². The number of thiol groups is 2. The topological polar surface area (TPSA) is 474 Å². The van der Waals surface area contributed by atoms with E-state index in [1.165, 1.54) is 41.0 Å². The minimum absolute atomic E-state index is 0.00563. The molecule has 41 heteroatoms. The summed E-state index contributed by atoms with van der Waals surface area (Å²) in [5.74, 6) is -3.63. The van der Waals surface area contributed by atoms with Gasteiger partial charge in [-0.2, -0.15) is 0 Å². The molecular formula is C50H62FN17O19P2S2. The average Bonchev–Trinajstić information content (AvgIpc) is 2.26. The van der Waals surface area contributed by atoms with Gasteiger partial charge < -0.3 is 67.1 Å². The summed E-state index contributed by atoms with van der Waals surface area (Å²) in [6, 6.07) is 3.00. The number of halogens is 1. The maximum absolute atomic E-state index is 16.5. The molecule has 0 spiro atoms. The normalized spacial score (nSPS) is 25.6. The van der Waals surface area contributed by atoms with Gasteiger partial charge in [-0.1, -0.05) is 50.5 Å². The Morgan fingerprint density at radius 3 is 1.99 bits per heavy atom.